The lowest BCUT2D eigenvalue weighted by atomic mass is 10.0. The van der Waals surface area contributed by atoms with Crippen molar-refractivity contribution in [3.63, 3.8) is 0 Å². The van der Waals surface area contributed by atoms with Crippen LogP contribution in [-0.4, -0.2) is 19.1 Å². The van der Waals surface area contributed by atoms with E-state index in [1.54, 1.807) is 12.1 Å². The Morgan fingerprint density at radius 1 is 1.40 bits per heavy atom. The minimum Gasteiger partial charge on any atom is -0.484 e. The van der Waals surface area contributed by atoms with E-state index in [0.29, 0.717) is 10.8 Å². The molecule has 20 heavy (non-hydrogen) atoms. The average Bonchev–Trinajstić information content (AvgIpc) is 2.93. The van der Waals surface area contributed by atoms with Crippen molar-refractivity contribution in [2.75, 3.05) is 13.2 Å². The van der Waals surface area contributed by atoms with Crippen LogP contribution >= 0.6 is 11.6 Å². The summed E-state index contributed by atoms with van der Waals surface area (Å²) in [6, 6.07) is 5.40. The highest BCUT2D eigenvalue weighted by Crippen LogP contribution is 2.26. The topological polar surface area (TPSA) is 38.3 Å². The van der Waals surface area contributed by atoms with Gasteiger partial charge in [0.05, 0.1) is 0 Å². The van der Waals surface area contributed by atoms with Gasteiger partial charge >= 0.3 is 0 Å². The molecule has 1 N–H and O–H groups in total. The number of halogens is 1. The zero-order valence-corrected chi connectivity index (χ0v) is 12.7. The van der Waals surface area contributed by atoms with Crippen molar-refractivity contribution in [2.45, 2.75) is 39.0 Å². The largest absolute Gasteiger partial charge is 0.484 e. The molecule has 0 saturated heterocycles. The van der Waals surface area contributed by atoms with Crippen molar-refractivity contribution < 1.29 is 9.53 Å². The fraction of sp³-hybridized carbons (Fsp3) is 0.562. The van der Waals surface area contributed by atoms with Crippen molar-refractivity contribution in [1.82, 2.24) is 5.32 Å². The molecule has 1 saturated carbocycles. The molecule has 0 unspecified atom stereocenters. The number of amides is 1. The van der Waals surface area contributed by atoms with E-state index < -0.39 is 0 Å². The van der Waals surface area contributed by atoms with E-state index in [1.165, 1.54) is 25.7 Å². The first kappa shape index (κ1) is 15.2. The van der Waals surface area contributed by atoms with Crippen LogP contribution in [0.2, 0.25) is 5.02 Å². The van der Waals surface area contributed by atoms with Crippen molar-refractivity contribution >= 4 is 17.5 Å². The van der Waals surface area contributed by atoms with Crippen LogP contribution in [0, 0.1) is 12.8 Å². The minimum absolute atomic E-state index is 0.0596. The fourth-order valence-electron chi connectivity index (χ4n) is 2.62. The molecular formula is C16H22ClNO2. The maximum atomic E-state index is 11.7. The van der Waals surface area contributed by atoms with Crippen LogP contribution in [0.15, 0.2) is 18.2 Å². The lowest BCUT2D eigenvalue weighted by molar-refractivity contribution is -0.123. The molecule has 1 amide bonds. The third-order valence-electron chi connectivity index (χ3n) is 3.85. The third-order valence-corrected chi connectivity index (χ3v) is 4.27. The summed E-state index contributed by atoms with van der Waals surface area (Å²) in [7, 11) is 0. The molecule has 1 fully saturated rings. The first-order valence-corrected chi connectivity index (χ1v) is 7.68. The third kappa shape index (κ3) is 4.71. The number of aryl methyl sites for hydroxylation is 1. The lowest BCUT2D eigenvalue weighted by Crippen LogP contribution is -2.30. The summed E-state index contributed by atoms with van der Waals surface area (Å²) in [5, 5.41) is 3.62. The number of carbonyl (C=O) groups is 1. The van der Waals surface area contributed by atoms with Gasteiger partial charge in [-0.2, -0.15) is 0 Å². The highest BCUT2D eigenvalue weighted by atomic mass is 35.5. The Balaban J connectivity index is 1.65. The van der Waals surface area contributed by atoms with E-state index in [1.807, 2.05) is 13.0 Å². The molecule has 4 heteroatoms. The van der Waals surface area contributed by atoms with Gasteiger partial charge in [-0.1, -0.05) is 37.3 Å². The van der Waals surface area contributed by atoms with Gasteiger partial charge in [-0.3, -0.25) is 4.79 Å². The smallest absolute Gasteiger partial charge is 0.257 e. The fourth-order valence-corrected chi connectivity index (χ4v) is 2.74. The van der Waals surface area contributed by atoms with Gasteiger partial charge in [0.25, 0.3) is 5.91 Å². The van der Waals surface area contributed by atoms with Crippen LogP contribution in [0.5, 0.6) is 5.75 Å². The van der Waals surface area contributed by atoms with Crippen molar-refractivity contribution in [1.29, 1.82) is 0 Å². The Kier molecular flexibility index (Phi) is 5.72. The van der Waals surface area contributed by atoms with Crippen molar-refractivity contribution in [2.24, 2.45) is 5.92 Å². The Labute approximate surface area is 125 Å². The normalized spacial score (nSPS) is 15.3. The van der Waals surface area contributed by atoms with Crippen molar-refractivity contribution in [3.05, 3.63) is 28.8 Å². The molecule has 0 spiro atoms. The van der Waals surface area contributed by atoms with E-state index in [2.05, 4.69) is 5.32 Å². The van der Waals surface area contributed by atoms with Gasteiger partial charge in [0.15, 0.2) is 6.61 Å². The second-order valence-electron chi connectivity index (χ2n) is 5.49. The number of hydrogen-bond acceptors (Lipinski definition) is 2. The molecule has 1 aromatic rings. The van der Waals surface area contributed by atoms with Crippen LogP contribution in [0.25, 0.3) is 0 Å². The van der Waals surface area contributed by atoms with E-state index in [9.17, 15) is 4.79 Å². The molecule has 0 aliphatic heterocycles. The summed E-state index contributed by atoms with van der Waals surface area (Å²) in [5.74, 6) is 1.42. The summed E-state index contributed by atoms with van der Waals surface area (Å²) in [6.45, 7) is 2.73. The summed E-state index contributed by atoms with van der Waals surface area (Å²) in [4.78, 5) is 11.7. The van der Waals surface area contributed by atoms with Crippen LogP contribution in [0.1, 0.15) is 37.7 Å². The number of carbonyl (C=O) groups excluding carboxylic acids is 1. The Morgan fingerprint density at radius 3 is 2.85 bits per heavy atom. The molecule has 0 aromatic heterocycles. The molecule has 1 aliphatic carbocycles. The van der Waals surface area contributed by atoms with Gasteiger partial charge in [-0.15, -0.1) is 0 Å². The predicted octanol–water partition coefficient (Wildman–Crippen LogP) is 3.72. The first-order chi connectivity index (χ1) is 9.65. The lowest BCUT2D eigenvalue weighted by Gasteiger charge is -2.11. The molecule has 2 rings (SSSR count). The first-order valence-electron chi connectivity index (χ1n) is 7.31. The van der Waals surface area contributed by atoms with Gasteiger partial charge in [-0.05, 0) is 43.0 Å². The highest BCUT2D eigenvalue weighted by molar-refractivity contribution is 6.31. The quantitative estimate of drug-likeness (QED) is 0.868. The summed E-state index contributed by atoms with van der Waals surface area (Å²) in [5.41, 5.74) is 0.950. The predicted molar refractivity (Wildman–Crippen MR) is 81.3 cm³/mol. The van der Waals surface area contributed by atoms with Gasteiger partial charge in [0.2, 0.25) is 0 Å². The number of benzene rings is 1. The highest BCUT2D eigenvalue weighted by Gasteiger charge is 2.14. The van der Waals surface area contributed by atoms with E-state index in [0.717, 1.165) is 24.4 Å². The standard InChI is InChI=1S/C16H22ClNO2/c1-12-10-14(6-7-15(12)17)20-11-16(19)18-9-8-13-4-2-3-5-13/h6-7,10,13H,2-5,8-9,11H2,1H3,(H,18,19). The van der Waals surface area contributed by atoms with E-state index in [-0.39, 0.29) is 12.5 Å². The second kappa shape index (κ2) is 7.53. The molecule has 0 atom stereocenters. The van der Waals surface area contributed by atoms with Gasteiger partial charge in [-0.25, -0.2) is 0 Å². The summed E-state index contributed by atoms with van der Waals surface area (Å²) < 4.78 is 5.46. The van der Waals surface area contributed by atoms with Crippen LogP contribution in [0.3, 0.4) is 0 Å². The zero-order valence-electron chi connectivity index (χ0n) is 12.0. The maximum absolute atomic E-state index is 11.7. The molecule has 0 bridgehead atoms. The average molecular weight is 296 g/mol. The Hall–Kier alpha value is -1.22. The van der Waals surface area contributed by atoms with Crippen LogP contribution in [0.4, 0.5) is 0 Å². The van der Waals surface area contributed by atoms with Crippen LogP contribution in [-0.2, 0) is 4.79 Å². The number of nitrogens with one attached hydrogen (secondary N) is 1. The molecule has 110 valence electrons. The number of rotatable bonds is 6. The monoisotopic (exact) mass is 295 g/mol. The number of hydrogen-bond donors (Lipinski definition) is 1. The van der Waals surface area contributed by atoms with Gasteiger partial charge in [0, 0.05) is 11.6 Å². The van der Waals surface area contributed by atoms with E-state index in [4.69, 9.17) is 16.3 Å². The minimum atomic E-state index is -0.0596. The van der Waals surface area contributed by atoms with Gasteiger partial charge < -0.3 is 10.1 Å². The summed E-state index contributed by atoms with van der Waals surface area (Å²) >= 11 is 5.94. The molecular weight excluding hydrogens is 274 g/mol. The SMILES string of the molecule is Cc1cc(OCC(=O)NCCC2CCCC2)ccc1Cl. The maximum Gasteiger partial charge on any atom is 0.257 e. The zero-order chi connectivity index (χ0) is 14.4. The van der Waals surface area contributed by atoms with Crippen molar-refractivity contribution in [3.8, 4) is 5.75 Å². The number of ether oxygens (including phenoxy) is 1. The molecule has 1 aliphatic rings. The summed E-state index contributed by atoms with van der Waals surface area (Å²) in [6.07, 6.45) is 6.41. The Morgan fingerprint density at radius 2 is 2.15 bits per heavy atom. The molecule has 0 radical (unpaired) electrons. The van der Waals surface area contributed by atoms with E-state index >= 15 is 0 Å². The van der Waals surface area contributed by atoms with Crippen LogP contribution < -0.4 is 10.1 Å². The second-order valence-corrected chi connectivity index (χ2v) is 5.90. The molecule has 3 nitrogen and oxygen atoms in total. The molecule has 1 aromatic carbocycles. The Bertz CT molecular complexity index is 456. The molecule has 0 heterocycles. The van der Waals surface area contributed by atoms with Gasteiger partial charge in [0.1, 0.15) is 5.75 Å².